The van der Waals surface area contributed by atoms with E-state index < -0.39 is 16.6 Å². The second-order valence-electron chi connectivity index (χ2n) is 10.9. The number of rotatable bonds is 5. The Morgan fingerprint density at radius 1 is 0.885 bits per heavy atom. The molecule has 0 aliphatic heterocycles. The second kappa shape index (κ2) is 8.05. The number of nitrogens with zero attached hydrogens (tertiary/aromatic N) is 1. The Labute approximate surface area is 164 Å². The molecule has 0 radical (unpaired) electrons. The molecule has 4 nitrogen and oxygen atoms in total. The van der Waals surface area contributed by atoms with Crippen LogP contribution in [0.1, 0.15) is 61.3 Å². The van der Waals surface area contributed by atoms with E-state index >= 15 is 0 Å². The van der Waals surface area contributed by atoms with Crippen molar-refractivity contribution < 1.29 is 13.7 Å². The first-order valence-electron chi connectivity index (χ1n) is 9.97. The van der Waals surface area contributed by atoms with Crippen LogP contribution in [0, 0.1) is 5.92 Å². The molecule has 1 saturated carbocycles. The van der Waals surface area contributed by atoms with Gasteiger partial charge >= 0.3 is 0 Å². The van der Waals surface area contributed by atoms with E-state index in [1.165, 1.54) is 0 Å². The van der Waals surface area contributed by atoms with Gasteiger partial charge in [0, 0.05) is 12.3 Å². The largest absolute Gasteiger partial charge is 0.413 e. The van der Waals surface area contributed by atoms with Crippen LogP contribution in [0.5, 0.6) is 0 Å². The van der Waals surface area contributed by atoms with Gasteiger partial charge in [0.1, 0.15) is 7.11 Å². The van der Waals surface area contributed by atoms with E-state index in [9.17, 15) is 0 Å². The number of hydrogen-bond donors (Lipinski definition) is 0. The molecule has 0 spiro atoms. The van der Waals surface area contributed by atoms with E-state index in [0.29, 0.717) is 0 Å². The molecule has 26 heavy (non-hydrogen) atoms. The van der Waals surface area contributed by atoms with Crippen molar-refractivity contribution in [1.29, 1.82) is 0 Å². The van der Waals surface area contributed by atoms with Crippen LogP contribution >= 0.6 is 0 Å². The van der Waals surface area contributed by atoms with Crippen molar-refractivity contribution in [1.82, 2.24) is 0 Å². The number of hydrogen-bond acceptors (Lipinski definition) is 4. The summed E-state index contributed by atoms with van der Waals surface area (Å²) < 4.78 is 13.5. The van der Waals surface area contributed by atoms with E-state index in [-0.39, 0.29) is 28.2 Å². The molecular formula is C20H43NO3Si2. The third-order valence-electron chi connectivity index (χ3n) is 6.74. The summed E-state index contributed by atoms with van der Waals surface area (Å²) in [6, 6.07) is 0. The third-order valence-corrected chi connectivity index (χ3v) is 15.8. The molecule has 0 N–H and O–H groups in total. The van der Waals surface area contributed by atoms with Gasteiger partial charge in [-0.05, 0) is 42.7 Å². The molecule has 0 saturated heterocycles. The van der Waals surface area contributed by atoms with Gasteiger partial charge in [0.15, 0.2) is 16.6 Å². The summed E-state index contributed by atoms with van der Waals surface area (Å²) >= 11 is 0. The fraction of sp³-hybridized carbons (Fsp3) is 0.950. The molecule has 1 unspecified atom stereocenters. The van der Waals surface area contributed by atoms with E-state index in [0.717, 1.165) is 18.6 Å². The lowest BCUT2D eigenvalue weighted by Gasteiger charge is -2.46. The van der Waals surface area contributed by atoms with Crippen LogP contribution < -0.4 is 0 Å². The summed E-state index contributed by atoms with van der Waals surface area (Å²) in [4.78, 5) is 5.14. The van der Waals surface area contributed by atoms with Gasteiger partial charge < -0.3 is 13.7 Å². The zero-order chi connectivity index (χ0) is 20.6. The summed E-state index contributed by atoms with van der Waals surface area (Å²) in [7, 11) is -2.06. The fourth-order valence-corrected chi connectivity index (χ4v) is 5.58. The molecule has 6 heteroatoms. The predicted molar refractivity (Wildman–Crippen MR) is 117 cm³/mol. The standard InChI is InChI=1S/C20H43NO3Si2/c1-15-17(21-22-8)13-16(23-25(9,10)19(2,3)4)14-18(15)24-26(11,12)20(5,6)7/h15-16,18H,13-14H2,1-12H3/b21-17-/t15?,16-,18-/m0/s1. The monoisotopic (exact) mass is 401 g/mol. The Morgan fingerprint density at radius 2 is 1.35 bits per heavy atom. The van der Waals surface area contributed by atoms with Crippen LogP contribution in [0.2, 0.25) is 36.3 Å². The maximum atomic E-state index is 6.80. The van der Waals surface area contributed by atoms with Crippen molar-refractivity contribution >= 4 is 22.3 Å². The van der Waals surface area contributed by atoms with Crippen molar-refractivity contribution in [2.24, 2.45) is 11.1 Å². The average Bonchev–Trinajstić information content (AvgIpc) is 2.40. The highest BCUT2D eigenvalue weighted by Gasteiger charge is 2.46. The summed E-state index contributed by atoms with van der Waals surface area (Å²) in [6.07, 6.45) is 2.10. The van der Waals surface area contributed by atoms with E-state index in [1.54, 1.807) is 7.11 Å². The molecule has 1 fully saturated rings. The van der Waals surface area contributed by atoms with Crippen LogP contribution in [0.4, 0.5) is 0 Å². The molecule has 1 rings (SSSR count). The summed E-state index contributed by atoms with van der Waals surface area (Å²) in [5, 5.41) is 4.73. The van der Waals surface area contributed by atoms with Crippen molar-refractivity contribution in [3.63, 3.8) is 0 Å². The Kier molecular flexibility index (Phi) is 7.39. The smallest absolute Gasteiger partial charge is 0.192 e. The average molecular weight is 402 g/mol. The van der Waals surface area contributed by atoms with Crippen LogP contribution in [0.3, 0.4) is 0 Å². The SMILES string of the molecule is CO/N=C1/C[C@H](O[Si](C)(C)C(C)(C)C)C[C@H](O[Si](C)(C)C(C)(C)C)C1C. The molecule has 0 aromatic carbocycles. The molecule has 0 bridgehead atoms. The Hall–Kier alpha value is -0.176. The lowest BCUT2D eigenvalue weighted by atomic mass is 9.84. The fourth-order valence-electron chi connectivity index (χ4n) is 2.81. The quantitative estimate of drug-likeness (QED) is 0.407. The van der Waals surface area contributed by atoms with E-state index in [1.807, 2.05) is 0 Å². The highest BCUT2D eigenvalue weighted by atomic mass is 28.4. The van der Waals surface area contributed by atoms with Gasteiger partial charge in [0.25, 0.3) is 0 Å². The highest BCUT2D eigenvalue weighted by Crippen LogP contribution is 2.42. The highest BCUT2D eigenvalue weighted by molar-refractivity contribution is 6.74. The van der Waals surface area contributed by atoms with Gasteiger partial charge in [0.2, 0.25) is 0 Å². The molecule has 3 atom stereocenters. The van der Waals surface area contributed by atoms with Crippen molar-refractivity contribution in [2.45, 2.75) is 110 Å². The first-order valence-corrected chi connectivity index (χ1v) is 15.8. The van der Waals surface area contributed by atoms with E-state index in [2.05, 4.69) is 79.8 Å². The van der Waals surface area contributed by atoms with Crippen LogP contribution in [-0.2, 0) is 13.7 Å². The predicted octanol–water partition coefficient (Wildman–Crippen LogP) is 6.20. The van der Waals surface area contributed by atoms with Crippen molar-refractivity contribution in [3.8, 4) is 0 Å². The van der Waals surface area contributed by atoms with Gasteiger partial charge in [-0.2, -0.15) is 0 Å². The molecule has 0 aromatic heterocycles. The van der Waals surface area contributed by atoms with Crippen LogP contribution in [0.25, 0.3) is 0 Å². The summed E-state index contributed by atoms with van der Waals surface area (Å²) in [5.41, 5.74) is 1.08. The van der Waals surface area contributed by atoms with Crippen LogP contribution in [0.15, 0.2) is 5.16 Å². The van der Waals surface area contributed by atoms with Gasteiger partial charge in [-0.3, -0.25) is 0 Å². The van der Waals surface area contributed by atoms with Crippen molar-refractivity contribution in [2.75, 3.05) is 7.11 Å². The Balaban J connectivity index is 3.06. The van der Waals surface area contributed by atoms with E-state index in [4.69, 9.17) is 13.7 Å². The lowest BCUT2D eigenvalue weighted by molar-refractivity contribution is 0.0606. The van der Waals surface area contributed by atoms with Gasteiger partial charge in [-0.25, -0.2) is 0 Å². The topological polar surface area (TPSA) is 40.0 Å². The Bertz CT molecular complexity index is 504. The van der Waals surface area contributed by atoms with Crippen LogP contribution in [-0.4, -0.2) is 41.7 Å². The molecule has 154 valence electrons. The Morgan fingerprint density at radius 3 is 1.77 bits per heavy atom. The molecule has 1 aliphatic rings. The lowest BCUT2D eigenvalue weighted by Crippen LogP contribution is -2.52. The van der Waals surface area contributed by atoms with Gasteiger partial charge in [0.05, 0.1) is 17.9 Å². The molecule has 0 heterocycles. The first kappa shape index (κ1) is 23.9. The molecular weight excluding hydrogens is 358 g/mol. The zero-order valence-corrected chi connectivity index (χ0v) is 21.3. The molecule has 1 aliphatic carbocycles. The number of oxime groups is 1. The third kappa shape index (κ3) is 5.66. The van der Waals surface area contributed by atoms with Crippen molar-refractivity contribution in [3.05, 3.63) is 0 Å². The maximum absolute atomic E-state index is 6.80. The molecule has 0 amide bonds. The molecule has 0 aromatic rings. The second-order valence-corrected chi connectivity index (χ2v) is 20.4. The maximum Gasteiger partial charge on any atom is 0.192 e. The summed E-state index contributed by atoms with van der Waals surface area (Å²) in [5.74, 6) is 0.267. The zero-order valence-electron chi connectivity index (χ0n) is 19.3. The van der Waals surface area contributed by atoms with Gasteiger partial charge in [-0.15, -0.1) is 0 Å². The first-order chi connectivity index (χ1) is 11.5. The minimum atomic E-state index is -1.85. The minimum absolute atomic E-state index is 0.147. The normalized spacial score (nSPS) is 27.7. The van der Waals surface area contributed by atoms with Gasteiger partial charge in [-0.1, -0.05) is 53.6 Å². The minimum Gasteiger partial charge on any atom is -0.413 e. The summed E-state index contributed by atoms with van der Waals surface area (Å²) in [6.45, 7) is 25.3.